The van der Waals surface area contributed by atoms with Crippen LogP contribution >= 0.6 is 11.6 Å². The van der Waals surface area contributed by atoms with E-state index < -0.39 is 0 Å². The van der Waals surface area contributed by atoms with Crippen molar-refractivity contribution in [1.82, 2.24) is 15.0 Å². The molecule has 0 spiro atoms. The summed E-state index contributed by atoms with van der Waals surface area (Å²) in [4.78, 5) is 19.6. The summed E-state index contributed by atoms with van der Waals surface area (Å²) in [6, 6.07) is 15.4. The van der Waals surface area contributed by atoms with Gasteiger partial charge in [-0.2, -0.15) is 4.98 Å². The van der Waals surface area contributed by atoms with Crippen LogP contribution in [0.5, 0.6) is 5.75 Å². The zero-order chi connectivity index (χ0) is 21.6. The van der Waals surface area contributed by atoms with Gasteiger partial charge in [0.1, 0.15) is 5.75 Å². The van der Waals surface area contributed by atoms with Crippen LogP contribution in [-0.2, 0) is 11.2 Å². The van der Waals surface area contributed by atoms with E-state index in [2.05, 4.69) is 22.3 Å². The number of aryl methyl sites for hydroxylation is 1. The SMILES string of the molecule is COc1ccc([C@@H]2CCCCCN2C(=O)CCc2nc(-c3ccc(Cl)cc3)no2)cc1. The molecule has 162 valence electrons. The maximum atomic E-state index is 13.1. The van der Waals surface area contributed by atoms with E-state index in [9.17, 15) is 4.79 Å². The maximum absolute atomic E-state index is 13.1. The van der Waals surface area contributed by atoms with Crippen molar-refractivity contribution in [3.63, 3.8) is 0 Å². The number of halogens is 1. The van der Waals surface area contributed by atoms with Crippen molar-refractivity contribution in [2.24, 2.45) is 0 Å². The summed E-state index contributed by atoms with van der Waals surface area (Å²) in [6.07, 6.45) is 5.03. The van der Waals surface area contributed by atoms with E-state index in [-0.39, 0.29) is 11.9 Å². The number of methoxy groups -OCH3 is 1. The van der Waals surface area contributed by atoms with Crippen LogP contribution in [0.1, 0.15) is 49.6 Å². The molecule has 0 radical (unpaired) electrons. The van der Waals surface area contributed by atoms with Crippen LogP contribution < -0.4 is 4.74 Å². The van der Waals surface area contributed by atoms with Crippen molar-refractivity contribution in [2.45, 2.75) is 44.6 Å². The Morgan fingerprint density at radius 3 is 2.65 bits per heavy atom. The van der Waals surface area contributed by atoms with E-state index in [4.69, 9.17) is 20.9 Å². The normalized spacial score (nSPS) is 16.7. The van der Waals surface area contributed by atoms with Crippen LogP contribution in [0.25, 0.3) is 11.4 Å². The molecule has 4 rings (SSSR count). The molecule has 1 aliphatic heterocycles. The largest absolute Gasteiger partial charge is 0.497 e. The van der Waals surface area contributed by atoms with Crippen molar-refractivity contribution in [3.8, 4) is 17.1 Å². The third kappa shape index (κ3) is 5.25. The highest BCUT2D eigenvalue weighted by atomic mass is 35.5. The van der Waals surface area contributed by atoms with E-state index in [1.807, 2.05) is 29.2 Å². The lowest BCUT2D eigenvalue weighted by atomic mass is 10.00. The lowest BCUT2D eigenvalue weighted by Crippen LogP contribution is -2.35. The summed E-state index contributed by atoms with van der Waals surface area (Å²) >= 11 is 5.93. The highest BCUT2D eigenvalue weighted by Crippen LogP contribution is 2.32. The predicted octanol–water partition coefficient (Wildman–Crippen LogP) is 5.48. The molecule has 1 atom stereocenters. The lowest BCUT2D eigenvalue weighted by molar-refractivity contribution is -0.133. The number of carbonyl (C=O) groups is 1. The standard InChI is InChI=1S/C24H26ClN3O3/c1-30-20-12-8-17(9-13-20)21-5-3-2-4-16-28(21)23(29)15-14-22-26-24(27-31-22)18-6-10-19(25)11-7-18/h6-13,21H,2-5,14-16H2,1H3/t21-/m0/s1. The van der Waals surface area contributed by atoms with E-state index in [0.717, 1.165) is 49.1 Å². The average molecular weight is 440 g/mol. The molecule has 7 heteroatoms. The van der Waals surface area contributed by atoms with Gasteiger partial charge in [-0.25, -0.2) is 0 Å². The summed E-state index contributed by atoms with van der Waals surface area (Å²) in [5, 5.41) is 4.69. The number of ether oxygens (including phenoxy) is 1. The van der Waals surface area contributed by atoms with Crippen molar-refractivity contribution in [1.29, 1.82) is 0 Å². The van der Waals surface area contributed by atoms with Crippen LogP contribution in [0, 0.1) is 0 Å². The monoisotopic (exact) mass is 439 g/mol. The van der Waals surface area contributed by atoms with E-state index in [1.165, 1.54) is 0 Å². The molecule has 0 bridgehead atoms. The van der Waals surface area contributed by atoms with Gasteiger partial charge >= 0.3 is 0 Å². The molecule has 0 aliphatic carbocycles. The quantitative estimate of drug-likeness (QED) is 0.509. The predicted molar refractivity (Wildman–Crippen MR) is 119 cm³/mol. The summed E-state index contributed by atoms with van der Waals surface area (Å²) < 4.78 is 10.6. The second-order valence-corrected chi connectivity index (χ2v) is 8.18. The van der Waals surface area contributed by atoms with Gasteiger partial charge in [0.25, 0.3) is 0 Å². The van der Waals surface area contributed by atoms with Crippen molar-refractivity contribution in [2.75, 3.05) is 13.7 Å². The molecule has 1 fully saturated rings. The second-order valence-electron chi connectivity index (χ2n) is 7.74. The number of amides is 1. The first-order valence-electron chi connectivity index (χ1n) is 10.7. The number of rotatable bonds is 6. The van der Waals surface area contributed by atoms with Crippen molar-refractivity contribution >= 4 is 17.5 Å². The molecule has 0 saturated carbocycles. The smallest absolute Gasteiger partial charge is 0.227 e. The summed E-state index contributed by atoms with van der Waals surface area (Å²) in [5.41, 5.74) is 1.98. The van der Waals surface area contributed by atoms with Crippen LogP contribution in [0.3, 0.4) is 0 Å². The average Bonchev–Trinajstić information content (AvgIpc) is 3.14. The molecule has 31 heavy (non-hydrogen) atoms. The molecule has 0 unspecified atom stereocenters. The van der Waals surface area contributed by atoms with Crippen LogP contribution in [0.2, 0.25) is 5.02 Å². The summed E-state index contributed by atoms with van der Waals surface area (Å²) in [7, 11) is 1.66. The van der Waals surface area contributed by atoms with E-state index >= 15 is 0 Å². The van der Waals surface area contributed by atoms with E-state index in [1.54, 1.807) is 19.2 Å². The third-order valence-corrected chi connectivity index (χ3v) is 5.95. The van der Waals surface area contributed by atoms with Gasteiger partial charge in [0.05, 0.1) is 13.2 Å². The van der Waals surface area contributed by atoms with Crippen LogP contribution in [0.15, 0.2) is 53.1 Å². The molecule has 2 heterocycles. The zero-order valence-electron chi connectivity index (χ0n) is 17.6. The van der Waals surface area contributed by atoms with Gasteiger partial charge in [-0.1, -0.05) is 41.7 Å². The summed E-state index contributed by atoms with van der Waals surface area (Å²) in [5.74, 6) is 1.91. The fourth-order valence-corrected chi connectivity index (χ4v) is 4.14. The Balaban J connectivity index is 1.42. The molecule has 1 saturated heterocycles. The molecule has 1 aromatic heterocycles. The Hall–Kier alpha value is -2.86. The van der Waals surface area contributed by atoms with E-state index in [0.29, 0.717) is 29.6 Å². The minimum absolute atomic E-state index is 0.0909. The molecular weight excluding hydrogens is 414 g/mol. The molecule has 1 aliphatic rings. The Morgan fingerprint density at radius 1 is 1.13 bits per heavy atom. The highest BCUT2D eigenvalue weighted by Gasteiger charge is 2.27. The van der Waals surface area contributed by atoms with Gasteiger partial charge in [-0.15, -0.1) is 0 Å². The third-order valence-electron chi connectivity index (χ3n) is 5.70. The van der Waals surface area contributed by atoms with Crippen LogP contribution in [-0.4, -0.2) is 34.6 Å². The van der Waals surface area contributed by atoms with Crippen molar-refractivity contribution in [3.05, 3.63) is 65.0 Å². The molecule has 1 amide bonds. The second kappa shape index (κ2) is 9.96. The first-order chi connectivity index (χ1) is 15.1. The number of hydrogen-bond donors (Lipinski definition) is 0. The topological polar surface area (TPSA) is 68.5 Å². The van der Waals surface area contributed by atoms with Gasteiger partial charge in [0, 0.05) is 30.0 Å². The summed E-state index contributed by atoms with van der Waals surface area (Å²) in [6.45, 7) is 0.773. The Bertz CT molecular complexity index is 1000. The highest BCUT2D eigenvalue weighted by molar-refractivity contribution is 6.30. The van der Waals surface area contributed by atoms with Crippen LogP contribution in [0.4, 0.5) is 0 Å². The Kier molecular flexibility index (Phi) is 6.87. The minimum Gasteiger partial charge on any atom is -0.497 e. The Morgan fingerprint density at radius 2 is 1.90 bits per heavy atom. The zero-order valence-corrected chi connectivity index (χ0v) is 18.3. The molecule has 3 aromatic rings. The molecule has 2 aromatic carbocycles. The number of benzene rings is 2. The molecule has 6 nitrogen and oxygen atoms in total. The lowest BCUT2D eigenvalue weighted by Gasteiger charge is -2.30. The van der Waals surface area contributed by atoms with Gasteiger partial charge in [0.2, 0.25) is 17.6 Å². The number of nitrogens with zero attached hydrogens (tertiary/aromatic N) is 3. The first kappa shape index (κ1) is 21.4. The molecule has 0 N–H and O–H groups in total. The number of aromatic nitrogens is 2. The first-order valence-corrected chi connectivity index (χ1v) is 11.0. The minimum atomic E-state index is 0.0909. The number of likely N-dealkylation sites (tertiary alicyclic amines) is 1. The molecular formula is C24H26ClN3O3. The van der Waals surface area contributed by atoms with Gasteiger partial charge < -0.3 is 14.2 Å². The number of carbonyl (C=O) groups excluding carboxylic acids is 1. The van der Waals surface area contributed by atoms with Gasteiger partial charge in [-0.05, 0) is 54.8 Å². The number of hydrogen-bond acceptors (Lipinski definition) is 5. The maximum Gasteiger partial charge on any atom is 0.227 e. The van der Waals surface area contributed by atoms with Gasteiger partial charge in [-0.3, -0.25) is 4.79 Å². The fourth-order valence-electron chi connectivity index (χ4n) is 4.01. The Labute approximate surface area is 187 Å². The van der Waals surface area contributed by atoms with Gasteiger partial charge in [0.15, 0.2) is 0 Å². The van der Waals surface area contributed by atoms with Crippen molar-refractivity contribution < 1.29 is 14.1 Å². The fraction of sp³-hybridized carbons (Fsp3) is 0.375.